The predicted molar refractivity (Wildman–Crippen MR) is 138 cm³/mol. The van der Waals surface area contributed by atoms with E-state index in [-0.39, 0.29) is 5.78 Å². The van der Waals surface area contributed by atoms with Crippen molar-refractivity contribution in [1.29, 1.82) is 0 Å². The zero-order chi connectivity index (χ0) is 23.2. The van der Waals surface area contributed by atoms with Crippen LogP contribution in [0.3, 0.4) is 0 Å². The van der Waals surface area contributed by atoms with Crippen LogP contribution in [0.15, 0.2) is 96.1 Å². The highest BCUT2D eigenvalue weighted by molar-refractivity contribution is 6.36. The van der Waals surface area contributed by atoms with E-state index in [1.165, 1.54) is 0 Å². The van der Waals surface area contributed by atoms with E-state index in [4.69, 9.17) is 34.8 Å². The summed E-state index contributed by atoms with van der Waals surface area (Å²) in [6.07, 6.45) is 2.27. The van der Waals surface area contributed by atoms with Crippen LogP contribution in [0.4, 0.5) is 5.69 Å². The second-order valence-electron chi connectivity index (χ2n) is 7.41. The lowest BCUT2D eigenvalue weighted by molar-refractivity contribution is 0.103. The molecule has 0 aliphatic carbocycles. The highest BCUT2D eigenvalue weighted by Gasteiger charge is 2.12. The lowest BCUT2D eigenvalue weighted by Crippen LogP contribution is -2.01. The number of hydrogen-bond donors (Lipinski definition) is 1. The molecule has 4 rings (SSSR count). The average Bonchev–Trinajstić information content (AvgIpc) is 2.83. The van der Waals surface area contributed by atoms with Crippen LogP contribution in [-0.4, -0.2) is 12.0 Å². The number of nitrogens with one attached hydrogen (secondary N) is 1. The molecule has 3 nitrogen and oxygen atoms in total. The molecular formula is C27H19Cl3N2O. The standard InChI is InChI=1S/C27H19Cl3N2O/c28-22-12-10-21(11-13-22)27(33)20-8-6-18(7-9-20)14-24-25(29)15-23(16-26(24)30)32-31-17-19-4-2-1-3-5-19/h1-13,15-17,32H,14H2/b31-17+. The van der Waals surface area contributed by atoms with E-state index in [0.717, 1.165) is 16.7 Å². The maximum absolute atomic E-state index is 12.6. The first-order valence-corrected chi connectivity index (χ1v) is 11.3. The van der Waals surface area contributed by atoms with Crippen molar-refractivity contribution in [1.82, 2.24) is 0 Å². The molecule has 0 saturated carbocycles. The number of hydrazone groups is 1. The van der Waals surface area contributed by atoms with Gasteiger partial charge >= 0.3 is 0 Å². The summed E-state index contributed by atoms with van der Waals surface area (Å²) in [6.45, 7) is 0. The summed E-state index contributed by atoms with van der Waals surface area (Å²) in [5.74, 6) is -0.0548. The first-order valence-electron chi connectivity index (χ1n) is 10.2. The van der Waals surface area contributed by atoms with Crippen molar-refractivity contribution in [2.45, 2.75) is 6.42 Å². The molecule has 0 bridgehead atoms. The molecule has 164 valence electrons. The van der Waals surface area contributed by atoms with Crippen molar-refractivity contribution in [2.24, 2.45) is 5.10 Å². The third-order valence-corrected chi connectivity index (χ3v) is 5.98. The molecule has 6 heteroatoms. The summed E-state index contributed by atoms with van der Waals surface area (Å²) in [4.78, 5) is 12.6. The highest BCUT2D eigenvalue weighted by Crippen LogP contribution is 2.31. The van der Waals surface area contributed by atoms with E-state index in [9.17, 15) is 4.79 Å². The number of ketones is 1. The number of carbonyl (C=O) groups excluding carboxylic acids is 1. The number of hydrogen-bond acceptors (Lipinski definition) is 3. The number of benzene rings is 4. The van der Waals surface area contributed by atoms with Gasteiger partial charge in [-0.15, -0.1) is 0 Å². The van der Waals surface area contributed by atoms with Crippen molar-refractivity contribution in [3.8, 4) is 0 Å². The minimum absolute atomic E-state index is 0.0548. The summed E-state index contributed by atoms with van der Waals surface area (Å²) < 4.78 is 0. The third-order valence-electron chi connectivity index (χ3n) is 5.05. The van der Waals surface area contributed by atoms with Gasteiger partial charge in [-0.2, -0.15) is 5.10 Å². The Morgan fingerprint density at radius 3 is 1.97 bits per heavy atom. The minimum Gasteiger partial charge on any atom is -0.289 e. The van der Waals surface area contributed by atoms with Gasteiger partial charge in [-0.1, -0.05) is 89.4 Å². The molecule has 0 unspecified atom stereocenters. The fourth-order valence-corrected chi connectivity index (χ4v) is 4.05. The van der Waals surface area contributed by atoms with Crippen molar-refractivity contribution in [3.05, 3.63) is 134 Å². The molecule has 1 N–H and O–H groups in total. The molecule has 0 spiro atoms. The minimum atomic E-state index is -0.0548. The van der Waals surface area contributed by atoms with Crippen LogP contribution in [0, 0.1) is 0 Å². The molecule has 0 aromatic heterocycles. The summed E-state index contributed by atoms with van der Waals surface area (Å²) in [5.41, 5.74) is 7.65. The molecule has 0 atom stereocenters. The fourth-order valence-electron chi connectivity index (χ4n) is 3.30. The summed E-state index contributed by atoms with van der Waals surface area (Å²) >= 11 is 18.9. The smallest absolute Gasteiger partial charge is 0.193 e. The number of carbonyl (C=O) groups is 1. The van der Waals surface area contributed by atoms with Crippen LogP contribution in [0.25, 0.3) is 0 Å². The Morgan fingerprint density at radius 2 is 1.36 bits per heavy atom. The third kappa shape index (κ3) is 6.02. The lowest BCUT2D eigenvalue weighted by Gasteiger charge is -2.11. The van der Waals surface area contributed by atoms with Crippen LogP contribution in [0.2, 0.25) is 15.1 Å². The van der Waals surface area contributed by atoms with Crippen molar-refractivity contribution < 1.29 is 4.79 Å². The summed E-state index contributed by atoms with van der Waals surface area (Å²) in [5, 5.41) is 5.91. The summed E-state index contributed by atoms with van der Waals surface area (Å²) in [7, 11) is 0. The van der Waals surface area contributed by atoms with Crippen LogP contribution >= 0.6 is 34.8 Å². The van der Waals surface area contributed by atoms with Gasteiger partial charge in [-0.3, -0.25) is 10.2 Å². The van der Waals surface area contributed by atoms with E-state index in [1.807, 2.05) is 54.6 Å². The summed E-state index contributed by atoms with van der Waals surface area (Å²) in [6, 6.07) is 27.6. The molecule has 0 aliphatic rings. The Balaban J connectivity index is 1.44. The predicted octanol–water partition coefficient (Wildman–Crippen LogP) is 7.91. The first kappa shape index (κ1) is 23.1. The van der Waals surface area contributed by atoms with Gasteiger partial charge in [-0.05, 0) is 53.1 Å². The highest BCUT2D eigenvalue weighted by atomic mass is 35.5. The largest absolute Gasteiger partial charge is 0.289 e. The van der Waals surface area contributed by atoms with E-state index in [0.29, 0.717) is 38.3 Å². The second-order valence-corrected chi connectivity index (χ2v) is 8.66. The van der Waals surface area contributed by atoms with Gasteiger partial charge in [0.05, 0.1) is 11.9 Å². The van der Waals surface area contributed by atoms with Crippen LogP contribution in [0.1, 0.15) is 32.6 Å². The number of anilines is 1. The van der Waals surface area contributed by atoms with Gasteiger partial charge in [-0.25, -0.2) is 0 Å². The van der Waals surface area contributed by atoms with E-state index in [2.05, 4.69) is 10.5 Å². The number of nitrogens with zero attached hydrogens (tertiary/aromatic N) is 1. The van der Waals surface area contributed by atoms with Crippen molar-refractivity contribution >= 4 is 52.5 Å². The van der Waals surface area contributed by atoms with Gasteiger partial charge in [0, 0.05) is 32.6 Å². The molecule has 0 heterocycles. The molecular weight excluding hydrogens is 475 g/mol. The van der Waals surface area contributed by atoms with E-state index in [1.54, 1.807) is 42.6 Å². The zero-order valence-electron chi connectivity index (χ0n) is 17.4. The second kappa shape index (κ2) is 10.7. The molecule has 0 radical (unpaired) electrons. The molecule has 0 aliphatic heterocycles. The van der Waals surface area contributed by atoms with Gasteiger partial charge < -0.3 is 0 Å². The normalized spacial score (nSPS) is 11.0. The lowest BCUT2D eigenvalue weighted by atomic mass is 9.99. The SMILES string of the molecule is O=C(c1ccc(Cl)cc1)c1ccc(Cc2c(Cl)cc(N/N=C/c3ccccc3)cc2Cl)cc1. The Hall–Kier alpha value is -3.11. The van der Waals surface area contributed by atoms with Gasteiger partial charge in [0.2, 0.25) is 0 Å². The van der Waals surface area contributed by atoms with Gasteiger partial charge in [0.1, 0.15) is 0 Å². The van der Waals surface area contributed by atoms with Crippen LogP contribution in [-0.2, 0) is 6.42 Å². The van der Waals surface area contributed by atoms with E-state index >= 15 is 0 Å². The van der Waals surface area contributed by atoms with Gasteiger partial charge in [0.15, 0.2) is 5.78 Å². The molecule has 4 aromatic rings. The molecule has 4 aromatic carbocycles. The van der Waals surface area contributed by atoms with Crippen LogP contribution < -0.4 is 5.43 Å². The maximum atomic E-state index is 12.6. The first-order chi connectivity index (χ1) is 16.0. The van der Waals surface area contributed by atoms with Crippen molar-refractivity contribution in [3.63, 3.8) is 0 Å². The molecule has 0 fully saturated rings. The Morgan fingerprint density at radius 1 is 0.788 bits per heavy atom. The van der Waals surface area contributed by atoms with Crippen LogP contribution in [0.5, 0.6) is 0 Å². The maximum Gasteiger partial charge on any atom is 0.193 e. The Bertz CT molecular complexity index is 1260. The molecule has 0 saturated heterocycles. The number of rotatable bonds is 7. The fraction of sp³-hybridized carbons (Fsp3) is 0.0370. The quantitative estimate of drug-likeness (QED) is 0.161. The van der Waals surface area contributed by atoms with E-state index < -0.39 is 0 Å². The Kier molecular flexibility index (Phi) is 7.46. The molecule has 33 heavy (non-hydrogen) atoms. The van der Waals surface area contributed by atoms with Crippen molar-refractivity contribution in [2.75, 3.05) is 5.43 Å². The topological polar surface area (TPSA) is 41.5 Å². The van der Waals surface area contributed by atoms with Gasteiger partial charge in [0.25, 0.3) is 0 Å². The zero-order valence-corrected chi connectivity index (χ0v) is 19.7. The molecule has 0 amide bonds. The Labute approximate surface area is 207 Å². The average molecular weight is 494 g/mol. The number of halogens is 3. The monoisotopic (exact) mass is 492 g/mol.